The van der Waals surface area contributed by atoms with Crippen LogP contribution in [-0.2, 0) is 4.79 Å². The molecule has 0 radical (unpaired) electrons. The normalized spacial score (nSPS) is 19.6. The van der Waals surface area contributed by atoms with Crippen molar-refractivity contribution in [1.29, 1.82) is 0 Å². The van der Waals surface area contributed by atoms with Crippen LogP contribution in [0.4, 0.5) is 5.69 Å². The zero-order valence-electron chi connectivity index (χ0n) is 14.2. The van der Waals surface area contributed by atoms with Gasteiger partial charge >= 0.3 is 5.97 Å². The first-order valence-electron chi connectivity index (χ1n) is 7.84. The first-order chi connectivity index (χ1) is 11.8. The van der Waals surface area contributed by atoms with E-state index in [0.717, 1.165) is 6.07 Å². The van der Waals surface area contributed by atoms with E-state index in [1.807, 2.05) is 0 Å². The molecule has 0 spiro atoms. The Morgan fingerprint density at radius 2 is 2.08 bits per heavy atom. The fraction of sp³-hybridized carbons (Fsp3) is 0.500. The van der Waals surface area contributed by atoms with Crippen LogP contribution in [0.15, 0.2) is 12.1 Å². The monoisotopic (exact) mass is 352 g/mol. The summed E-state index contributed by atoms with van der Waals surface area (Å²) in [6, 6.07) is 1.87. The molecule has 1 N–H and O–H groups in total. The Morgan fingerprint density at radius 1 is 1.40 bits per heavy atom. The van der Waals surface area contributed by atoms with Crippen LogP contribution in [-0.4, -0.2) is 53.1 Å². The number of carboxylic acids is 1. The summed E-state index contributed by atoms with van der Waals surface area (Å²) >= 11 is 0. The molecule has 2 atom stereocenters. The highest BCUT2D eigenvalue weighted by atomic mass is 16.6. The lowest BCUT2D eigenvalue weighted by atomic mass is 10.0. The van der Waals surface area contributed by atoms with Crippen molar-refractivity contribution < 1.29 is 29.1 Å². The molecule has 1 aliphatic heterocycles. The van der Waals surface area contributed by atoms with Gasteiger partial charge in [-0.1, -0.05) is 0 Å². The SMILES string of the molecule is CCOc1cc(C(=O)N2CCC(C(=O)O)C2C)c([N+](=O)[O-])cc1OC. The van der Waals surface area contributed by atoms with E-state index < -0.39 is 34.4 Å². The summed E-state index contributed by atoms with van der Waals surface area (Å²) < 4.78 is 10.5. The summed E-state index contributed by atoms with van der Waals surface area (Å²) in [4.78, 5) is 36.1. The second-order valence-corrected chi connectivity index (χ2v) is 5.68. The number of aliphatic carboxylic acids is 1. The number of benzene rings is 1. The highest BCUT2D eigenvalue weighted by molar-refractivity contribution is 5.99. The second kappa shape index (κ2) is 7.37. The number of carboxylic acid groups (broad SMARTS) is 1. The van der Waals surface area contributed by atoms with E-state index in [1.54, 1.807) is 13.8 Å². The lowest BCUT2D eigenvalue weighted by Crippen LogP contribution is -2.38. The summed E-state index contributed by atoms with van der Waals surface area (Å²) in [6.07, 6.45) is 0.310. The number of rotatable bonds is 6. The number of carbonyl (C=O) groups is 2. The minimum Gasteiger partial charge on any atom is -0.493 e. The fourth-order valence-corrected chi connectivity index (χ4v) is 3.01. The summed E-state index contributed by atoms with van der Waals surface area (Å²) in [5.74, 6) is -1.88. The third-order valence-electron chi connectivity index (χ3n) is 4.34. The van der Waals surface area contributed by atoms with Crippen molar-refractivity contribution >= 4 is 17.6 Å². The van der Waals surface area contributed by atoms with Gasteiger partial charge in [0, 0.05) is 18.7 Å². The van der Waals surface area contributed by atoms with Crippen molar-refractivity contribution in [2.75, 3.05) is 20.3 Å². The molecular formula is C16H20N2O7. The van der Waals surface area contributed by atoms with E-state index in [9.17, 15) is 24.8 Å². The average Bonchev–Trinajstić information content (AvgIpc) is 2.95. The van der Waals surface area contributed by atoms with Crippen LogP contribution in [0.5, 0.6) is 11.5 Å². The number of carbonyl (C=O) groups excluding carboxylic acids is 1. The zero-order chi connectivity index (χ0) is 18.7. The zero-order valence-corrected chi connectivity index (χ0v) is 14.2. The Kier molecular flexibility index (Phi) is 5.45. The summed E-state index contributed by atoms with van der Waals surface area (Å²) in [5.41, 5.74) is -0.552. The van der Waals surface area contributed by atoms with E-state index in [1.165, 1.54) is 18.1 Å². The number of amides is 1. The molecule has 1 aromatic carbocycles. The number of hydrogen-bond donors (Lipinski definition) is 1. The van der Waals surface area contributed by atoms with E-state index in [2.05, 4.69) is 0 Å². The van der Waals surface area contributed by atoms with Gasteiger partial charge in [0.2, 0.25) is 0 Å². The second-order valence-electron chi connectivity index (χ2n) is 5.68. The standard InChI is InChI=1S/C16H20N2O7/c1-4-25-14-7-11(12(18(22)23)8-13(14)24-3)15(19)17-6-5-10(9(17)2)16(20)21/h7-10H,4-6H2,1-3H3,(H,20,21). The Balaban J connectivity index is 2.46. The molecule has 2 rings (SSSR count). The lowest BCUT2D eigenvalue weighted by Gasteiger charge is -2.23. The Bertz CT molecular complexity index is 704. The van der Waals surface area contributed by atoms with Crippen LogP contribution in [0.3, 0.4) is 0 Å². The van der Waals surface area contributed by atoms with Crippen LogP contribution < -0.4 is 9.47 Å². The van der Waals surface area contributed by atoms with Crippen molar-refractivity contribution in [1.82, 2.24) is 4.90 Å². The predicted octanol–water partition coefficient (Wildman–Crippen LogP) is 1.94. The molecule has 9 nitrogen and oxygen atoms in total. The number of nitro benzene ring substituents is 1. The molecule has 1 aromatic rings. The van der Waals surface area contributed by atoms with Crippen molar-refractivity contribution in [3.8, 4) is 11.5 Å². The third-order valence-corrected chi connectivity index (χ3v) is 4.34. The van der Waals surface area contributed by atoms with Gasteiger partial charge in [-0.25, -0.2) is 0 Å². The number of likely N-dealkylation sites (tertiary alicyclic amines) is 1. The van der Waals surface area contributed by atoms with E-state index in [-0.39, 0.29) is 23.6 Å². The van der Waals surface area contributed by atoms with Crippen LogP contribution in [0.1, 0.15) is 30.6 Å². The van der Waals surface area contributed by atoms with Crippen molar-refractivity contribution in [2.24, 2.45) is 5.92 Å². The minimum atomic E-state index is -0.984. The van der Waals surface area contributed by atoms with Crippen molar-refractivity contribution in [3.05, 3.63) is 27.8 Å². The molecule has 25 heavy (non-hydrogen) atoms. The van der Waals surface area contributed by atoms with E-state index in [4.69, 9.17) is 9.47 Å². The maximum Gasteiger partial charge on any atom is 0.308 e. The van der Waals surface area contributed by atoms with Gasteiger partial charge in [-0.15, -0.1) is 0 Å². The summed E-state index contributed by atoms with van der Waals surface area (Å²) in [6.45, 7) is 3.89. The van der Waals surface area contributed by atoms with Gasteiger partial charge in [-0.3, -0.25) is 19.7 Å². The molecular weight excluding hydrogens is 332 g/mol. The van der Waals surface area contributed by atoms with Gasteiger partial charge in [0.1, 0.15) is 5.56 Å². The third kappa shape index (κ3) is 3.49. The molecule has 1 aliphatic rings. The predicted molar refractivity (Wildman–Crippen MR) is 87.1 cm³/mol. The Hall–Kier alpha value is -2.84. The first-order valence-corrected chi connectivity index (χ1v) is 7.84. The summed E-state index contributed by atoms with van der Waals surface area (Å²) in [5, 5.41) is 20.6. The number of nitro groups is 1. The minimum absolute atomic E-state index is 0.146. The quantitative estimate of drug-likeness (QED) is 0.613. The molecule has 1 heterocycles. The van der Waals surface area contributed by atoms with Gasteiger partial charge in [-0.05, 0) is 20.3 Å². The molecule has 0 aromatic heterocycles. The largest absolute Gasteiger partial charge is 0.493 e. The van der Waals surface area contributed by atoms with Gasteiger partial charge in [0.05, 0.1) is 30.6 Å². The van der Waals surface area contributed by atoms with E-state index >= 15 is 0 Å². The van der Waals surface area contributed by atoms with Crippen LogP contribution in [0, 0.1) is 16.0 Å². The van der Waals surface area contributed by atoms with Gasteiger partial charge < -0.3 is 19.5 Å². The van der Waals surface area contributed by atoms with E-state index in [0.29, 0.717) is 13.0 Å². The van der Waals surface area contributed by atoms with Crippen molar-refractivity contribution in [3.63, 3.8) is 0 Å². The molecule has 0 aliphatic carbocycles. The fourth-order valence-electron chi connectivity index (χ4n) is 3.01. The smallest absolute Gasteiger partial charge is 0.308 e. The van der Waals surface area contributed by atoms with Crippen LogP contribution in [0.25, 0.3) is 0 Å². The first kappa shape index (κ1) is 18.5. The van der Waals surface area contributed by atoms with Crippen molar-refractivity contribution in [2.45, 2.75) is 26.3 Å². The molecule has 1 fully saturated rings. The average molecular weight is 352 g/mol. The topological polar surface area (TPSA) is 119 Å². The number of nitrogens with zero attached hydrogens (tertiary/aromatic N) is 2. The summed E-state index contributed by atoms with van der Waals surface area (Å²) in [7, 11) is 1.35. The molecule has 1 saturated heterocycles. The highest BCUT2D eigenvalue weighted by Crippen LogP contribution is 2.36. The molecule has 0 bridgehead atoms. The Labute approximate surface area is 144 Å². The Morgan fingerprint density at radius 3 is 2.56 bits per heavy atom. The van der Waals surface area contributed by atoms with Crippen LogP contribution >= 0.6 is 0 Å². The lowest BCUT2D eigenvalue weighted by molar-refractivity contribution is -0.385. The van der Waals surface area contributed by atoms with Crippen LogP contribution in [0.2, 0.25) is 0 Å². The molecule has 1 amide bonds. The number of hydrogen-bond acceptors (Lipinski definition) is 6. The number of methoxy groups -OCH3 is 1. The highest BCUT2D eigenvalue weighted by Gasteiger charge is 2.40. The molecule has 0 saturated carbocycles. The van der Waals surface area contributed by atoms with Gasteiger partial charge in [0.15, 0.2) is 11.5 Å². The molecule has 2 unspecified atom stereocenters. The van der Waals surface area contributed by atoms with Gasteiger partial charge in [0.25, 0.3) is 11.6 Å². The van der Waals surface area contributed by atoms with Gasteiger partial charge in [-0.2, -0.15) is 0 Å². The molecule has 9 heteroatoms. The number of ether oxygens (including phenoxy) is 2. The molecule has 136 valence electrons. The maximum atomic E-state index is 12.8. The maximum absolute atomic E-state index is 12.8.